The normalized spacial score (nSPS) is 16.5. The van der Waals surface area contributed by atoms with Crippen molar-refractivity contribution in [1.29, 1.82) is 0 Å². The zero-order valence-corrected chi connectivity index (χ0v) is 27.3. The molecule has 0 bridgehead atoms. The lowest BCUT2D eigenvalue weighted by Crippen LogP contribution is -2.35. The number of urea groups is 1. The van der Waals surface area contributed by atoms with Gasteiger partial charge in [0.05, 0.1) is 24.7 Å². The molecule has 1 saturated heterocycles. The Morgan fingerprint density at radius 2 is 1.71 bits per heavy atom. The summed E-state index contributed by atoms with van der Waals surface area (Å²) in [4.78, 5) is 37.0. The van der Waals surface area contributed by atoms with Gasteiger partial charge < -0.3 is 39.2 Å². The number of nitrogens with one attached hydrogen (secondary N) is 2. The summed E-state index contributed by atoms with van der Waals surface area (Å²) >= 11 is 0. The van der Waals surface area contributed by atoms with Gasteiger partial charge in [-0.2, -0.15) is 0 Å². The fourth-order valence-corrected chi connectivity index (χ4v) is 5.39. The number of non-ortho nitro benzene ring substituents is 1. The largest absolute Gasteiger partial charge is 0.463 e. The van der Waals surface area contributed by atoms with Crippen LogP contribution in [0.4, 0.5) is 26.7 Å². The van der Waals surface area contributed by atoms with E-state index in [1.807, 2.05) is 50.2 Å². The quantitative estimate of drug-likeness (QED) is 0.0924. The van der Waals surface area contributed by atoms with E-state index < -0.39 is 16.7 Å². The molecule has 2 aliphatic rings. The number of carbonyl (C=O) groups excluding carboxylic acids is 2. The summed E-state index contributed by atoms with van der Waals surface area (Å²) in [6, 6.07) is 18.4. The van der Waals surface area contributed by atoms with Crippen LogP contribution in [0, 0.1) is 10.1 Å². The predicted molar refractivity (Wildman–Crippen MR) is 178 cm³/mol. The Hall–Kier alpha value is -4.72. The standard InChI is InChI=1S/C35H42N4O9/c1-35(2)46-24-27-20-26(13-14-31(27)48-35)32-22-38(34(41)47-32)15-4-3-5-16-44-17-8-18-45-23-25-9-6-10-28(19-25)36-33(40)37-29-11-7-12-30(21-29)39(42)43/h6-7,9-14,19-21,32H,3-5,8,15-18,22-24H2,1-2H3,(H2,36,37,40)/t32-/m0/s1. The molecular formula is C35H42N4O9. The third kappa shape index (κ3) is 10.1. The molecule has 3 aromatic rings. The number of benzene rings is 3. The first-order chi connectivity index (χ1) is 23.1. The minimum absolute atomic E-state index is 0.103. The van der Waals surface area contributed by atoms with E-state index >= 15 is 0 Å². The molecule has 13 heteroatoms. The van der Waals surface area contributed by atoms with Crippen LogP contribution >= 0.6 is 0 Å². The Morgan fingerprint density at radius 3 is 2.52 bits per heavy atom. The van der Waals surface area contributed by atoms with Crippen molar-refractivity contribution in [3.8, 4) is 5.75 Å². The van der Waals surface area contributed by atoms with Crippen molar-refractivity contribution in [2.24, 2.45) is 0 Å². The molecule has 1 atom stereocenters. The second-order valence-corrected chi connectivity index (χ2v) is 12.1. The lowest BCUT2D eigenvalue weighted by atomic mass is 10.0. The maximum atomic E-state index is 12.4. The van der Waals surface area contributed by atoms with Crippen LogP contribution in [-0.4, -0.2) is 60.6 Å². The Balaban J connectivity index is 0.894. The molecule has 3 aromatic carbocycles. The first kappa shape index (κ1) is 34.6. The summed E-state index contributed by atoms with van der Waals surface area (Å²) in [5.74, 6) is 0.152. The number of hydrogen-bond donors (Lipinski definition) is 2. The van der Waals surface area contributed by atoms with Gasteiger partial charge in [0.2, 0.25) is 5.79 Å². The predicted octanol–water partition coefficient (Wildman–Crippen LogP) is 7.17. The van der Waals surface area contributed by atoms with E-state index in [1.165, 1.54) is 18.2 Å². The number of hydrogen-bond acceptors (Lipinski definition) is 9. The van der Waals surface area contributed by atoms with Crippen LogP contribution in [0.3, 0.4) is 0 Å². The fourth-order valence-electron chi connectivity index (χ4n) is 5.39. The van der Waals surface area contributed by atoms with E-state index in [0.29, 0.717) is 57.5 Å². The van der Waals surface area contributed by atoms with Gasteiger partial charge >= 0.3 is 12.1 Å². The van der Waals surface area contributed by atoms with Crippen molar-refractivity contribution in [1.82, 2.24) is 4.90 Å². The lowest BCUT2D eigenvalue weighted by molar-refractivity contribution is -0.384. The van der Waals surface area contributed by atoms with Gasteiger partial charge in [0, 0.05) is 69.3 Å². The van der Waals surface area contributed by atoms with Crippen LogP contribution in [0.25, 0.3) is 0 Å². The molecule has 0 aromatic heterocycles. The molecule has 2 heterocycles. The maximum absolute atomic E-state index is 12.4. The van der Waals surface area contributed by atoms with Crippen LogP contribution in [-0.2, 0) is 32.2 Å². The topological polar surface area (TPSA) is 151 Å². The number of unbranched alkanes of at least 4 members (excludes halogenated alkanes) is 2. The SMILES string of the molecule is CC1(C)OCc2cc([C@@H]3CN(CCCCCOCCCOCc4cccc(NC(=O)Nc5cccc([N+](=O)[O-])c5)c4)C(=O)O3)ccc2O1. The van der Waals surface area contributed by atoms with Crippen molar-refractivity contribution in [2.45, 2.75) is 64.6 Å². The molecule has 3 amide bonds. The number of fused-ring (bicyclic) bond motifs is 1. The van der Waals surface area contributed by atoms with Crippen LogP contribution in [0.15, 0.2) is 66.7 Å². The van der Waals surface area contributed by atoms with Gasteiger partial charge in [-0.3, -0.25) is 10.1 Å². The van der Waals surface area contributed by atoms with Crippen molar-refractivity contribution >= 4 is 29.2 Å². The number of anilines is 2. The molecule has 0 unspecified atom stereocenters. The molecule has 1 fully saturated rings. The van der Waals surface area contributed by atoms with Crippen LogP contribution in [0.5, 0.6) is 5.75 Å². The molecule has 2 N–H and O–H groups in total. The number of amides is 3. The number of cyclic esters (lactones) is 1. The van der Waals surface area contributed by atoms with E-state index in [2.05, 4.69) is 10.6 Å². The number of carbonyl (C=O) groups is 2. The van der Waals surface area contributed by atoms with Crippen LogP contribution in [0.2, 0.25) is 0 Å². The second kappa shape index (κ2) is 16.4. The lowest BCUT2D eigenvalue weighted by Gasteiger charge is -2.32. The average molecular weight is 663 g/mol. The first-order valence-electron chi connectivity index (χ1n) is 16.1. The van der Waals surface area contributed by atoms with Gasteiger partial charge in [-0.15, -0.1) is 0 Å². The molecule has 0 saturated carbocycles. The van der Waals surface area contributed by atoms with Gasteiger partial charge in [-0.25, -0.2) is 9.59 Å². The minimum atomic E-state index is -0.648. The molecule has 0 radical (unpaired) electrons. The van der Waals surface area contributed by atoms with Gasteiger partial charge in [-0.05, 0) is 67.1 Å². The third-order valence-corrected chi connectivity index (χ3v) is 7.84. The van der Waals surface area contributed by atoms with E-state index in [4.69, 9.17) is 23.7 Å². The number of ether oxygens (including phenoxy) is 5. The summed E-state index contributed by atoms with van der Waals surface area (Å²) in [5.41, 5.74) is 3.60. The summed E-state index contributed by atoms with van der Waals surface area (Å²) in [6.07, 6.45) is 2.90. The van der Waals surface area contributed by atoms with Gasteiger partial charge in [0.25, 0.3) is 5.69 Å². The Bertz CT molecular complexity index is 1580. The highest BCUT2D eigenvalue weighted by atomic mass is 16.7. The molecule has 5 rings (SSSR count). The summed E-state index contributed by atoms with van der Waals surface area (Å²) in [7, 11) is 0. The van der Waals surface area contributed by atoms with Gasteiger partial charge in [-0.1, -0.05) is 24.3 Å². The average Bonchev–Trinajstić information content (AvgIpc) is 3.43. The summed E-state index contributed by atoms with van der Waals surface area (Å²) in [6.45, 7) is 7.56. The number of nitrogens with zero attached hydrogens (tertiary/aromatic N) is 2. The molecule has 256 valence electrons. The third-order valence-electron chi connectivity index (χ3n) is 7.84. The highest BCUT2D eigenvalue weighted by Crippen LogP contribution is 2.35. The molecule has 0 spiro atoms. The van der Waals surface area contributed by atoms with Crippen molar-refractivity contribution in [3.05, 3.63) is 93.5 Å². The van der Waals surface area contributed by atoms with E-state index in [0.717, 1.165) is 48.1 Å². The van der Waals surface area contributed by atoms with E-state index in [1.54, 1.807) is 17.0 Å². The van der Waals surface area contributed by atoms with Gasteiger partial charge in [0.15, 0.2) is 0 Å². The molecule has 2 aliphatic heterocycles. The number of nitro groups is 1. The first-order valence-corrected chi connectivity index (χ1v) is 16.1. The minimum Gasteiger partial charge on any atom is -0.463 e. The monoisotopic (exact) mass is 662 g/mol. The van der Waals surface area contributed by atoms with E-state index in [9.17, 15) is 19.7 Å². The smallest absolute Gasteiger partial charge is 0.410 e. The Kier molecular flexibility index (Phi) is 11.8. The van der Waals surface area contributed by atoms with Crippen LogP contribution < -0.4 is 15.4 Å². The molecule has 0 aliphatic carbocycles. The molecule has 48 heavy (non-hydrogen) atoms. The second-order valence-electron chi connectivity index (χ2n) is 12.1. The maximum Gasteiger partial charge on any atom is 0.410 e. The highest BCUT2D eigenvalue weighted by Gasteiger charge is 2.33. The Morgan fingerprint density at radius 1 is 0.958 bits per heavy atom. The van der Waals surface area contributed by atoms with Crippen molar-refractivity contribution in [3.63, 3.8) is 0 Å². The van der Waals surface area contributed by atoms with Gasteiger partial charge in [0.1, 0.15) is 11.9 Å². The highest BCUT2D eigenvalue weighted by molar-refractivity contribution is 5.99. The zero-order valence-electron chi connectivity index (χ0n) is 27.3. The zero-order chi connectivity index (χ0) is 33.9. The summed E-state index contributed by atoms with van der Waals surface area (Å²) in [5, 5.41) is 16.3. The summed E-state index contributed by atoms with van der Waals surface area (Å²) < 4.78 is 28.8. The Labute approximate surface area is 279 Å². The molecule has 13 nitrogen and oxygen atoms in total. The number of rotatable bonds is 16. The van der Waals surface area contributed by atoms with Crippen LogP contribution in [0.1, 0.15) is 62.3 Å². The van der Waals surface area contributed by atoms with E-state index in [-0.39, 0.29) is 17.9 Å². The number of nitro benzene ring substituents is 1. The van der Waals surface area contributed by atoms with Crippen molar-refractivity contribution in [2.75, 3.05) is 43.5 Å². The molecular weight excluding hydrogens is 620 g/mol. The van der Waals surface area contributed by atoms with Crippen molar-refractivity contribution < 1.29 is 38.2 Å². The fraction of sp³-hybridized carbons (Fsp3) is 0.429.